The van der Waals surface area contributed by atoms with Crippen molar-refractivity contribution in [2.24, 2.45) is 0 Å². The molecule has 6 heteroatoms. The van der Waals surface area contributed by atoms with Gasteiger partial charge in [-0.3, -0.25) is 4.79 Å². The zero-order valence-corrected chi connectivity index (χ0v) is 12.8. The molecule has 0 fully saturated rings. The van der Waals surface area contributed by atoms with Crippen LogP contribution >= 0.6 is 0 Å². The van der Waals surface area contributed by atoms with Crippen LogP contribution in [0.15, 0.2) is 41.2 Å². The van der Waals surface area contributed by atoms with Gasteiger partial charge in [-0.05, 0) is 44.2 Å². The molecule has 0 radical (unpaired) electrons. The number of methoxy groups -OCH3 is 1. The molecule has 2 rings (SSSR count). The molecule has 1 aromatic heterocycles. The monoisotopic (exact) mass is 302 g/mol. The summed E-state index contributed by atoms with van der Waals surface area (Å²) < 4.78 is 11.2. The Kier molecular flexibility index (Phi) is 4.93. The summed E-state index contributed by atoms with van der Waals surface area (Å²) in [5.41, 5.74) is 1.07. The predicted molar refractivity (Wildman–Crippen MR) is 81.8 cm³/mol. The quantitative estimate of drug-likeness (QED) is 0.790. The van der Waals surface area contributed by atoms with Gasteiger partial charge < -0.3 is 9.47 Å². The zero-order valence-electron chi connectivity index (χ0n) is 12.8. The highest BCUT2D eigenvalue weighted by molar-refractivity contribution is 5.73. The number of nitrogens with zero attached hydrogens (tertiary/aromatic N) is 2. The van der Waals surface area contributed by atoms with Crippen LogP contribution < -0.4 is 10.3 Å². The molecule has 22 heavy (non-hydrogen) atoms. The Morgan fingerprint density at radius 2 is 1.91 bits per heavy atom. The standard InChI is InChI=1S/C16H18N2O4/c1-4-22-16(20)11(2)18-15(19)10-9-14(17-18)12-5-7-13(21-3)8-6-12/h5-11H,4H2,1-3H3/t11-/m0/s1. The van der Waals surface area contributed by atoms with Gasteiger partial charge in [0.2, 0.25) is 0 Å². The number of carbonyl (C=O) groups excluding carboxylic acids is 1. The maximum atomic E-state index is 11.9. The smallest absolute Gasteiger partial charge is 0.330 e. The van der Waals surface area contributed by atoms with Crippen LogP contribution in [0.25, 0.3) is 11.3 Å². The molecule has 0 aliphatic rings. The molecule has 116 valence electrons. The third kappa shape index (κ3) is 3.33. The molecule has 0 saturated carbocycles. The number of hydrogen-bond donors (Lipinski definition) is 0. The van der Waals surface area contributed by atoms with E-state index in [-0.39, 0.29) is 12.2 Å². The second-order valence-electron chi connectivity index (χ2n) is 4.66. The first kappa shape index (κ1) is 15.8. The van der Waals surface area contributed by atoms with Gasteiger partial charge in [-0.1, -0.05) is 0 Å². The van der Waals surface area contributed by atoms with Crippen molar-refractivity contribution in [2.45, 2.75) is 19.9 Å². The third-order valence-corrected chi connectivity index (χ3v) is 3.21. The van der Waals surface area contributed by atoms with Gasteiger partial charge in [0.1, 0.15) is 5.75 Å². The van der Waals surface area contributed by atoms with E-state index in [9.17, 15) is 9.59 Å². The average Bonchev–Trinajstić information content (AvgIpc) is 2.55. The highest BCUT2D eigenvalue weighted by Gasteiger charge is 2.19. The lowest BCUT2D eigenvalue weighted by Crippen LogP contribution is -2.31. The summed E-state index contributed by atoms with van der Waals surface area (Å²) in [6.07, 6.45) is 0. The van der Waals surface area contributed by atoms with Crippen LogP contribution in [0.5, 0.6) is 5.75 Å². The number of benzene rings is 1. The van der Waals surface area contributed by atoms with E-state index in [1.807, 2.05) is 12.1 Å². The fourth-order valence-corrected chi connectivity index (χ4v) is 1.98. The lowest BCUT2D eigenvalue weighted by Gasteiger charge is -2.13. The molecule has 0 N–H and O–H groups in total. The minimum Gasteiger partial charge on any atom is -0.497 e. The Labute approximate surface area is 128 Å². The SMILES string of the molecule is CCOC(=O)[C@H](C)n1nc(-c2ccc(OC)cc2)ccc1=O. The Balaban J connectivity index is 2.37. The molecule has 1 aromatic carbocycles. The average molecular weight is 302 g/mol. The second kappa shape index (κ2) is 6.89. The van der Waals surface area contributed by atoms with Crippen molar-refractivity contribution in [3.05, 3.63) is 46.8 Å². The summed E-state index contributed by atoms with van der Waals surface area (Å²) in [7, 11) is 1.59. The number of rotatable bonds is 5. The van der Waals surface area contributed by atoms with Crippen molar-refractivity contribution >= 4 is 5.97 Å². The van der Waals surface area contributed by atoms with Crippen molar-refractivity contribution in [3.8, 4) is 17.0 Å². The summed E-state index contributed by atoms with van der Waals surface area (Å²) in [6.45, 7) is 3.56. The van der Waals surface area contributed by atoms with Gasteiger partial charge >= 0.3 is 5.97 Å². The van der Waals surface area contributed by atoms with Gasteiger partial charge in [0, 0.05) is 11.6 Å². The summed E-state index contributed by atoms with van der Waals surface area (Å²) in [4.78, 5) is 23.7. The van der Waals surface area contributed by atoms with Crippen molar-refractivity contribution in [3.63, 3.8) is 0 Å². The summed E-state index contributed by atoms with van der Waals surface area (Å²) in [5, 5.41) is 4.26. The minimum absolute atomic E-state index is 0.260. The van der Waals surface area contributed by atoms with Crippen molar-refractivity contribution < 1.29 is 14.3 Å². The van der Waals surface area contributed by atoms with Crippen molar-refractivity contribution in [1.82, 2.24) is 9.78 Å². The first-order chi connectivity index (χ1) is 10.6. The number of carbonyl (C=O) groups is 1. The number of hydrogen-bond acceptors (Lipinski definition) is 5. The van der Waals surface area contributed by atoms with E-state index in [2.05, 4.69) is 5.10 Å². The molecule has 1 atom stereocenters. The topological polar surface area (TPSA) is 70.4 Å². The largest absolute Gasteiger partial charge is 0.497 e. The molecule has 0 spiro atoms. The lowest BCUT2D eigenvalue weighted by molar-refractivity contribution is -0.147. The lowest BCUT2D eigenvalue weighted by atomic mass is 10.1. The van der Waals surface area contributed by atoms with E-state index in [4.69, 9.17) is 9.47 Å². The van der Waals surface area contributed by atoms with Crippen LogP contribution in [0, 0.1) is 0 Å². The number of esters is 1. The van der Waals surface area contributed by atoms with Gasteiger partial charge in [0.15, 0.2) is 6.04 Å². The van der Waals surface area contributed by atoms with Crippen LogP contribution in [-0.4, -0.2) is 29.5 Å². The normalized spacial score (nSPS) is 11.8. The summed E-state index contributed by atoms with van der Waals surface area (Å²) in [6, 6.07) is 9.53. The highest BCUT2D eigenvalue weighted by Crippen LogP contribution is 2.20. The third-order valence-electron chi connectivity index (χ3n) is 3.21. The Morgan fingerprint density at radius 1 is 1.23 bits per heavy atom. The molecule has 0 unspecified atom stereocenters. The van der Waals surface area contributed by atoms with Crippen LogP contribution in [-0.2, 0) is 9.53 Å². The van der Waals surface area contributed by atoms with E-state index in [0.717, 1.165) is 16.0 Å². The van der Waals surface area contributed by atoms with E-state index in [0.29, 0.717) is 5.69 Å². The van der Waals surface area contributed by atoms with E-state index < -0.39 is 12.0 Å². The summed E-state index contributed by atoms with van der Waals surface area (Å²) >= 11 is 0. The van der Waals surface area contributed by atoms with Crippen molar-refractivity contribution in [1.29, 1.82) is 0 Å². The first-order valence-corrected chi connectivity index (χ1v) is 6.97. The molecule has 0 bridgehead atoms. The van der Waals surface area contributed by atoms with Gasteiger partial charge in [-0.15, -0.1) is 0 Å². The summed E-state index contributed by atoms with van der Waals surface area (Å²) in [5.74, 6) is 0.251. The zero-order chi connectivity index (χ0) is 16.1. The van der Waals surface area contributed by atoms with Gasteiger partial charge in [-0.2, -0.15) is 5.10 Å². The molecule has 0 amide bonds. The number of ether oxygens (including phenoxy) is 2. The molecular formula is C16H18N2O4. The van der Waals surface area contributed by atoms with Gasteiger partial charge in [0.05, 0.1) is 19.4 Å². The van der Waals surface area contributed by atoms with Crippen LogP contribution in [0.4, 0.5) is 0 Å². The highest BCUT2D eigenvalue weighted by atomic mass is 16.5. The van der Waals surface area contributed by atoms with Crippen LogP contribution in [0.2, 0.25) is 0 Å². The molecule has 0 aliphatic carbocycles. The minimum atomic E-state index is -0.773. The first-order valence-electron chi connectivity index (χ1n) is 6.97. The van der Waals surface area contributed by atoms with E-state index >= 15 is 0 Å². The van der Waals surface area contributed by atoms with E-state index in [1.165, 1.54) is 6.07 Å². The van der Waals surface area contributed by atoms with Crippen LogP contribution in [0.3, 0.4) is 0 Å². The molecular weight excluding hydrogens is 284 g/mol. The second-order valence-corrected chi connectivity index (χ2v) is 4.66. The maximum Gasteiger partial charge on any atom is 0.330 e. The molecule has 1 heterocycles. The molecule has 0 saturated heterocycles. The fourth-order valence-electron chi connectivity index (χ4n) is 1.98. The molecule has 0 aliphatic heterocycles. The van der Waals surface area contributed by atoms with Gasteiger partial charge in [0.25, 0.3) is 5.56 Å². The Bertz CT molecular complexity index is 707. The predicted octanol–water partition coefficient (Wildman–Crippen LogP) is 2.04. The fraction of sp³-hybridized carbons (Fsp3) is 0.312. The molecule has 6 nitrogen and oxygen atoms in total. The van der Waals surface area contributed by atoms with Crippen molar-refractivity contribution in [2.75, 3.05) is 13.7 Å². The number of aromatic nitrogens is 2. The molecule has 2 aromatic rings. The van der Waals surface area contributed by atoms with Gasteiger partial charge in [-0.25, -0.2) is 9.48 Å². The maximum absolute atomic E-state index is 11.9. The Morgan fingerprint density at radius 3 is 2.50 bits per heavy atom. The van der Waals surface area contributed by atoms with Crippen LogP contribution in [0.1, 0.15) is 19.9 Å². The Hall–Kier alpha value is -2.63. The van der Waals surface area contributed by atoms with E-state index in [1.54, 1.807) is 39.2 Å².